The van der Waals surface area contributed by atoms with E-state index in [9.17, 15) is 0 Å². The average molecular weight is 198 g/mol. The molecule has 0 fully saturated rings. The zero-order valence-corrected chi connectivity index (χ0v) is 8.98. The normalized spacial score (nSPS) is 10.2. The summed E-state index contributed by atoms with van der Waals surface area (Å²) in [6.07, 6.45) is 6.20. The molecule has 0 rings (SSSR count). The van der Waals surface area contributed by atoms with E-state index >= 15 is 0 Å². The first-order valence-electron chi connectivity index (χ1n) is 2.39. The zero-order valence-electron chi connectivity index (χ0n) is 5.71. The molecule has 0 aromatic heterocycles. The van der Waals surface area contributed by atoms with Gasteiger partial charge in [0.1, 0.15) is 0 Å². The van der Waals surface area contributed by atoms with Gasteiger partial charge in [0, 0.05) is 0 Å². The molecule has 0 N–H and O–H groups in total. The molecule has 0 saturated carbocycles. The fraction of sp³-hybridized carbons (Fsp3) is 0.800. The Morgan fingerprint density at radius 2 is 1.67 bits per heavy atom. The first kappa shape index (κ1) is 10.1. The third kappa shape index (κ3) is 3.75. The van der Waals surface area contributed by atoms with Gasteiger partial charge >= 0.3 is 0 Å². The van der Waals surface area contributed by atoms with Gasteiger partial charge in [-0.15, -0.1) is 35.3 Å². The molecule has 0 amide bonds. The van der Waals surface area contributed by atoms with Crippen LogP contribution in [0, 0.1) is 0 Å². The number of thioether (sulfide) groups is 3. The molecule has 0 unspecified atom stereocenters. The van der Waals surface area contributed by atoms with E-state index in [1.54, 1.807) is 35.3 Å². The lowest BCUT2D eigenvalue weighted by atomic mass is 10.9. The molecule has 0 nitrogen and oxygen atoms in total. The second kappa shape index (κ2) is 5.89. The number of thiocarbonyl (C=S) groups is 1. The lowest BCUT2D eigenvalue weighted by Gasteiger charge is -2.09. The highest BCUT2D eigenvalue weighted by Crippen LogP contribution is 2.24. The molecular weight excluding hydrogens is 188 g/mol. The smallest absolute Gasteiger partial charge is 0.0906 e. The standard InChI is InChI=1S/C5H10S4/c1-7-4(6)5(8-2)9-3/h5H,1-3H3. The van der Waals surface area contributed by atoms with Crippen LogP contribution in [0.4, 0.5) is 0 Å². The molecule has 54 valence electrons. The molecule has 0 aromatic rings. The van der Waals surface area contributed by atoms with Gasteiger partial charge in [0.15, 0.2) is 0 Å². The van der Waals surface area contributed by atoms with Crippen molar-refractivity contribution < 1.29 is 0 Å². The summed E-state index contributed by atoms with van der Waals surface area (Å²) in [5.74, 6) is 0. The third-order valence-electron chi connectivity index (χ3n) is 0.822. The maximum atomic E-state index is 5.10. The summed E-state index contributed by atoms with van der Waals surface area (Å²) in [7, 11) is 0. The van der Waals surface area contributed by atoms with Gasteiger partial charge in [-0.3, -0.25) is 0 Å². The van der Waals surface area contributed by atoms with Crippen molar-refractivity contribution in [3.63, 3.8) is 0 Å². The summed E-state index contributed by atoms with van der Waals surface area (Å²) in [6, 6.07) is 0. The molecule has 0 aliphatic heterocycles. The lowest BCUT2D eigenvalue weighted by molar-refractivity contribution is 1.92. The Morgan fingerprint density at radius 1 is 1.22 bits per heavy atom. The highest BCUT2D eigenvalue weighted by molar-refractivity contribution is 8.29. The molecule has 0 bridgehead atoms. The van der Waals surface area contributed by atoms with Crippen molar-refractivity contribution in [1.82, 2.24) is 0 Å². The highest BCUT2D eigenvalue weighted by atomic mass is 32.2. The maximum absolute atomic E-state index is 5.10. The van der Waals surface area contributed by atoms with Gasteiger partial charge < -0.3 is 0 Å². The van der Waals surface area contributed by atoms with Crippen LogP contribution in [0.2, 0.25) is 0 Å². The van der Waals surface area contributed by atoms with E-state index in [2.05, 4.69) is 12.5 Å². The van der Waals surface area contributed by atoms with Crippen LogP contribution >= 0.6 is 47.5 Å². The van der Waals surface area contributed by atoms with Crippen molar-refractivity contribution in [3.8, 4) is 0 Å². The Balaban J connectivity index is 3.64. The summed E-state index contributed by atoms with van der Waals surface area (Å²) in [5, 5.41) is 0. The van der Waals surface area contributed by atoms with E-state index < -0.39 is 0 Å². The second-order valence-corrected chi connectivity index (χ2v) is 5.06. The molecule has 0 aromatic carbocycles. The fourth-order valence-electron chi connectivity index (χ4n) is 0.385. The molecule has 4 heteroatoms. The van der Waals surface area contributed by atoms with Crippen molar-refractivity contribution >= 4 is 51.7 Å². The first-order valence-corrected chi connectivity index (χ1v) is 6.60. The summed E-state index contributed by atoms with van der Waals surface area (Å²) < 4.78 is 1.59. The SMILES string of the molecule is CSC(=S)C(SC)SC. The minimum Gasteiger partial charge on any atom is -0.145 e. The second-order valence-electron chi connectivity index (χ2n) is 1.33. The summed E-state index contributed by atoms with van der Waals surface area (Å²) in [4.78, 5) is 0. The van der Waals surface area contributed by atoms with Crippen LogP contribution in [0.15, 0.2) is 0 Å². The van der Waals surface area contributed by atoms with Crippen LogP contribution in [0.5, 0.6) is 0 Å². The van der Waals surface area contributed by atoms with Gasteiger partial charge in [-0.05, 0) is 18.8 Å². The number of hydrogen-bond acceptors (Lipinski definition) is 4. The lowest BCUT2D eigenvalue weighted by Crippen LogP contribution is -2.04. The predicted octanol–water partition coefficient (Wildman–Crippen LogP) is 2.73. The Morgan fingerprint density at radius 3 is 1.78 bits per heavy atom. The van der Waals surface area contributed by atoms with Crippen molar-refractivity contribution in [2.24, 2.45) is 0 Å². The van der Waals surface area contributed by atoms with Gasteiger partial charge in [-0.25, -0.2) is 0 Å². The molecule has 0 aliphatic carbocycles. The maximum Gasteiger partial charge on any atom is 0.0906 e. The van der Waals surface area contributed by atoms with Gasteiger partial charge in [0.2, 0.25) is 0 Å². The Kier molecular flexibility index (Phi) is 6.64. The summed E-state index contributed by atoms with van der Waals surface area (Å²) in [5.41, 5.74) is 0. The minimum atomic E-state index is 0.495. The van der Waals surface area contributed by atoms with Crippen LogP contribution < -0.4 is 0 Å². The molecule has 0 radical (unpaired) electrons. The van der Waals surface area contributed by atoms with E-state index in [-0.39, 0.29) is 0 Å². The molecular formula is C5H10S4. The predicted molar refractivity (Wildman–Crippen MR) is 56.9 cm³/mol. The zero-order chi connectivity index (χ0) is 7.28. The Bertz CT molecular complexity index is 87.0. The fourth-order valence-corrected chi connectivity index (χ4v) is 3.46. The first-order chi connectivity index (χ1) is 4.26. The summed E-state index contributed by atoms with van der Waals surface area (Å²) in [6.45, 7) is 0. The number of hydrogen-bond donors (Lipinski definition) is 0. The Labute approximate surface area is 74.9 Å². The van der Waals surface area contributed by atoms with Crippen molar-refractivity contribution in [2.45, 2.75) is 4.58 Å². The molecule has 9 heavy (non-hydrogen) atoms. The third-order valence-corrected chi connectivity index (χ3v) is 5.27. The van der Waals surface area contributed by atoms with Crippen LogP contribution in [0.3, 0.4) is 0 Å². The van der Waals surface area contributed by atoms with E-state index in [1.165, 1.54) is 0 Å². The van der Waals surface area contributed by atoms with Crippen LogP contribution in [-0.4, -0.2) is 27.5 Å². The van der Waals surface area contributed by atoms with Gasteiger partial charge in [0.05, 0.1) is 8.78 Å². The molecule has 0 spiro atoms. The van der Waals surface area contributed by atoms with Crippen LogP contribution in [0.1, 0.15) is 0 Å². The van der Waals surface area contributed by atoms with Crippen LogP contribution in [0.25, 0.3) is 0 Å². The largest absolute Gasteiger partial charge is 0.145 e. The summed E-state index contributed by atoms with van der Waals surface area (Å²) >= 11 is 10.4. The van der Waals surface area contributed by atoms with Gasteiger partial charge in [-0.1, -0.05) is 12.2 Å². The van der Waals surface area contributed by atoms with E-state index in [1.807, 2.05) is 6.26 Å². The molecule has 0 saturated heterocycles. The molecule has 0 heterocycles. The Hall–Kier alpha value is 1.14. The van der Waals surface area contributed by atoms with Crippen molar-refractivity contribution in [3.05, 3.63) is 0 Å². The monoisotopic (exact) mass is 198 g/mol. The van der Waals surface area contributed by atoms with Crippen molar-refractivity contribution in [1.29, 1.82) is 0 Å². The molecule has 0 atom stereocenters. The number of rotatable bonds is 3. The minimum absolute atomic E-state index is 0.495. The van der Waals surface area contributed by atoms with E-state index in [0.717, 1.165) is 4.20 Å². The van der Waals surface area contributed by atoms with E-state index in [0.29, 0.717) is 4.58 Å². The van der Waals surface area contributed by atoms with Gasteiger partial charge in [-0.2, -0.15) is 0 Å². The quantitative estimate of drug-likeness (QED) is 0.505. The van der Waals surface area contributed by atoms with Gasteiger partial charge in [0.25, 0.3) is 0 Å². The highest BCUT2D eigenvalue weighted by Gasteiger charge is 2.08. The average Bonchev–Trinajstić information content (AvgIpc) is 1.90. The van der Waals surface area contributed by atoms with Crippen molar-refractivity contribution in [2.75, 3.05) is 18.8 Å². The molecule has 0 aliphatic rings. The van der Waals surface area contributed by atoms with E-state index in [4.69, 9.17) is 12.2 Å². The topological polar surface area (TPSA) is 0 Å². The van der Waals surface area contributed by atoms with Crippen LogP contribution in [-0.2, 0) is 0 Å².